The van der Waals surface area contributed by atoms with Crippen LogP contribution in [0.4, 0.5) is 11.4 Å². The maximum atomic E-state index is 15.0. The summed E-state index contributed by atoms with van der Waals surface area (Å²) in [4.78, 5) is 60.9. The first-order valence-corrected chi connectivity index (χ1v) is 14.8. The van der Waals surface area contributed by atoms with Crippen LogP contribution < -0.4 is 9.80 Å². The third kappa shape index (κ3) is 4.00. The molecule has 4 aromatic carbocycles. The number of nitrogens with zero attached hydrogens (tertiary/aromatic N) is 2. The number of benzene rings is 4. The molecular weight excluding hydrogens is 583 g/mol. The molecule has 0 radical (unpaired) electrons. The molecule has 0 saturated carbocycles. The van der Waals surface area contributed by atoms with Crippen LogP contribution in [-0.4, -0.2) is 23.6 Å². The van der Waals surface area contributed by atoms with E-state index in [1.54, 1.807) is 48.5 Å². The monoisotopic (exact) mass is 608 g/mol. The van der Waals surface area contributed by atoms with Crippen LogP contribution in [0.5, 0.6) is 0 Å². The summed E-state index contributed by atoms with van der Waals surface area (Å²) in [6.45, 7) is 3.88. The van der Waals surface area contributed by atoms with Crippen molar-refractivity contribution in [1.29, 1.82) is 0 Å². The molecule has 2 aliphatic heterocycles. The first-order valence-electron chi connectivity index (χ1n) is 14.0. The molecule has 43 heavy (non-hydrogen) atoms. The van der Waals surface area contributed by atoms with Gasteiger partial charge in [-0.15, -0.1) is 0 Å². The number of anilines is 2. The molecule has 0 spiro atoms. The summed E-state index contributed by atoms with van der Waals surface area (Å²) in [6.07, 6.45) is 0.106. The van der Waals surface area contributed by atoms with Crippen molar-refractivity contribution in [3.05, 3.63) is 129 Å². The molecule has 0 bridgehead atoms. The minimum Gasteiger partial charge on any atom is -0.274 e. The average molecular weight is 610 g/mol. The summed E-state index contributed by atoms with van der Waals surface area (Å²) in [5.74, 6) is -4.86. The van der Waals surface area contributed by atoms with Crippen molar-refractivity contribution in [1.82, 2.24) is 0 Å². The number of amides is 4. The molecule has 7 rings (SSSR count). The molecule has 2 heterocycles. The van der Waals surface area contributed by atoms with Gasteiger partial charge >= 0.3 is 0 Å². The van der Waals surface area contributed by atoms with Crippen LogP contribution >= 0.6 is 23.2 Å². The second-order valence-corrected chi connectivity index (χ2v) is 12.5. The topological polar surface area (TPSA) is 74.8 Å². The lowest BCUT2D eigenvalue weighted by atomic mass is 9.54. The second kappa shape index (κ2) is 9.90. The standard InChI is InChI=1S/C35H26Cl2N2O4/c1-19-3-6-21(7-4-19)18-35-29(32(41)39(34(35)43)25-14-10-23(37)11-15-25)27-17-20(2)5-16-26(27)28-30(35)33(42)38(31(28)40)24-12-8-22(36)9-13-24/h3-17,28-30H,18H2,1-2H3/t28-,29-,30+,35-/m0/s1. The van der Waals surface area contributed by atoms with E-state index in [9.17, 15) is 19.2 Å². The lowest BCUT2D eigenvalue weighted by Gasteiger charge is -2.43. The number of hydrogen-bond acceptors (Lipinski definition) is 4. The van der Waals surface area contributed by atoms with Crippen LogP contribution in [-0.2, 0) is 25.6 Å². The highest BCUT2D eigenvalue weighted by Crippen LogP contribution is 2.63. The van der Waals surface area contributed by atoms with E-state index in [2.05, 4.69) is 0 Å². The largest absolute Gasteiger partial charge is 0.274 e. The first-order chi connectivity index (χ1) is 20.6. The third-order valence-electron chi connectivity index (χ3n) is 9.12. The van der Waals surface area contributed by atoms with Crippen LogP contribution in [0.1, 0.15) is 39.7 Å². The summed E-state index contributed by atoms with van der Waals surface area (Å²) in [5, 5.41) is 0.929. The SMILES string of the molecule is Cc1ccc(C[C@]23C(=O)N(c4ccc(Cl)cc4)C(=O)[C@@H]2c2cc(C)ccc2[C@@H]2C(=O)N(c4ccc(Cl)cc4)C(=O)[C@@H]23)cc1. The average Bonchev–Trinajstić information content (AvgIpc) is 3.38. The van der Waals surface area contributed by atoms with Gasteiger partial charge in [-0.2, -0.15) is 0 Å². The van der Waals surface area contributed by atoms with Gasteiger partial charge in [0.05, 0.1) is 34.5 Å². The minimum atomic E-state index is -1.55. The van der Waals surface area contributed by atoms with E-state index < -0.39 is 46.8 Å². The van der Waals surface area contributed by atoms with Gasteiger partial charge in [-0.3, -0.25) is 19.2 Å². The number of carbonyl (C=O) groups excluding carboxylic acids is 4. The maximum absolute atomic E-state index is 15.0. The van der Waals surface area contributed by atoms with E-state index in [1.807, 2.05) is 56.3 Å². The quantitative estimate of drug-likeness (QED) is 0.239. The Morgan fingerprint density at radius 1 is 0.628 bits per heavy atom. The second-order valence-electron chi connectivity index (χ2n) is 11.7. The van der Waals surface area contributed by atoms with Crippen molar-refractivity contribution in [2.45, 2.75) is 32.1 Å². The molecule has 2 saturated heterocycles. The molecule has 0 unspecified atom stereocenters. The fourth-order valence-corrected chi connectivity index (χ4v) is 7.50. The van der Waals surface area contributed by atoms with Crippen molar-refractivity contribution >= 4 is 58.2 Å². The third-order valence-corrected chi connectivity index (χ3v) is 9.62. The molecule has 6 nitrogen and oxygen atoms in total. The number of aryl methyl sites for hydroxylation is 2. The molecule has 1 aliphatic carbocycles. The highest BCUT2D eigenvalue weighted by atomic mass is 35.5. The smallest absolute Gasteiger partial charge is 0.242 e. The van der Waals surface area contributed by atoms with Gasteiger partial charge in [0.15, 0.2) is 0 Å². The van der Waals surface area contributed by atoms with Gasteiger partial charge < -0.3 is 0 Å². The molecule has 0 aromatic heterocycles. The Balaban J connectivity index is 1.50. The summed E-state index contributed by atoms with van der Waals surface area (Å²) in [7, 11) is 0. The predicted octanol–water partition coefficient (Wildman–Crippen LogP) is 6.78. The van der Waals surface area contributed by atoms with Gasteiger partial charge in [-0.05, 0) is 85.5 Å². The first kappa shape index (κ1) is 27.6. The van der Waals surface area contributed by atoms with Gasteiger partial charge in [0.1, 0.15) is 0 Å². The summed E-state index contributed by atoms with van der Waals surface area (Å²) < 4.78 is 0. The predicted molar refractivity (Wildman–Crippen MR) is 165 cm³/mol. The molecule has 4 atom stereocenters. The Morgan fingerprint density at radius 3 is 1.79 bits per heavy atom. The molecule has 214 valence electrons. The lowest BCUT2D eigenvalue weighted by Crippen LogP contribution is -2.51. The van der Waals surface area contributed by atoms with E-state index in [4.69, 9.17) is 23.2 Å². The Bertz CT molecular complexity index is 1840. The number of halogens is 2. The van der Waals surface area contributed by atoms with E-state index in [-0.39, 0.29) is 6.42 Å². The Morgan fingerprint density at radius 2 is 1.19 bits per heavy atom. The van der Waals surface area contributed by atoms with Gasteiger partial charge in [0.25, 0.3) is 0 Å². The van der Waals surface area contributed by atoms with E-state index >= 15 is 0 Å². The Hall–Kier alpha value is -4.26. The fourth-order valence-electron chi connectivity index (χ4n) is 7.24. The van der Waals surface area contributed by atoms with Crippen LogP contribution in [0.2, 0.25) is 10.0 Å². The molecule has 8 heteroatoms. The van der Waals surface area contributed by atoms with E-state index in [0.29, 0.717) is 32.5 Å². The number of rotatable bonds is 4. The number of imide groups is 2. The summed E-state index contributed by atoms with van der Waals surface area (Å²) in [6, 6.07) is 26.3. The fraction of sp³-hybridized carbons (Fsp3) is 0.200. The van der Waals surface area contributed by atoms with E-state index in [0.717, 1.165) is 21.6 Å². The van der Waals surface area contributed by atoms with Crippen molar-refractivity contribution in [2.75, 3.05) is 9.80 Å². The molecule has 4 amide bonds. The van der Waals surface area contributed by atoms with Crippen molar-refractivity contribution < 1.29 is 19.2 Å². The molecule has 2 fully saturated rings. The van der Waals surface area contributed by atoms with E-state index in [1.165, 1.54) is 4.90 Å². The highest BCUT2D eigenvalue weighted by Gasteiger charge is 2.73. The van der Waals surface area contributed by atoms with Crippen LogP contribution in [0.25, 0.3) is 0 Å². The Kier molecular flexibility index (Phi) is 6.35. The molecule has 4 aromatic rings. The maximum Gasteiger partial charge on any atom is 0.242 e. The van der Waals surface area contributed by atoms with Gasteiger partial charge in [-0.1, -0.05) is 76.8 Å². The van der Waals surface area contributed by atoms with Gasteiger partial charge in [0, 0.05) is 10.0 Å². The summed E-state index contributed by atoms with van der Waals surface area (Å²) in [5.41, 5.74) is 3.14. The Labute approximate surface area is 258 Å². The number of hydrogen-bond donors (Lipinski definition) is 0. The zero-order valence-electron chi connectivity index (χ0n) is 23.4. The molecule has 0 N–H and O–H groups in total. The summed E-state index contributed by atoms with van der Waals surface area (Å²) >= 11 is 12.3. The van der Waals surface area contributed by atoms with Gasteiger partial charge in [0.2, 0.25) is 23.6 Å². The normalized spacial score (nSPS) is 24.3. The zero-order chi connectivity index (χ0) is 30.2. The minimum absolute atomic E-state index is 0.106. The van der Waals surface area contributed by atoms with Crippen molar-refractivity contribution in [3.8, 4) is 0 Å². The van der Waals surface area contributed by atoms with Crippen molar-refractivity contribution in [2.24, 2.45) is 11.3 Å². The number of carbonyl (C=O) groups is 4. The van der Waals surface area contributed by atoms with Crippen LogP contribution in [0.15, 0.2) is 91.0 Å². The number of fused-ring (bicyclic) bond motifs is 6. The molecule has 3 aliphatic rings. The highest BCUT2D eigenvalue weighted by molar-refractivity contribution is 6.33. The van der Waals surface area contributed by atoms with Gasteiger partial charge in [-0.25, -0.2) is 9.80 Å². The molecular formula is C35H26Cl2N2O4. The zero-order valence-corrected chi connectivity index (χ0v) is 24.9. The van der Waals surface area contributed by atoms with Crippen molar-refractivity contribution in [3.63, 3.8) is 0 Å². The lowest BCUT2D eigenvalue weighted by molar-refractivity contribution is -0.138. The van der Waals surface area contributed by atoms with Crippen LogP contribution in [0.3, 0.4) is 0 Å². The van der Waals surface area contributed by atoms with Crippen LogP contribution in [0, 0.1) is 25.2 Å².